The molecule has 0 spiro atoms. The van der Waals surface area contributed by atoms with E-state index in [-0.39, 0.29) is 18.9 Å². The van der Waals surface area contributed by atoms with Gasteiger partial charge in [-0.25, -0.2) is 0 Å². The minimum absolute atomic E-state index is 0.0299. The lowest BCUT2D eigenvalue weighted by molar-refractivity contribution is -0.125. The van der Waals surface area contributed by atoms with Gasteiger partial charge in [0.2, 0.25) is 5.91 Å². The molecule has 0 aromatic heterocycles. The van der Waals surface area contributed by atoms with Crippen molar-refractivity contribution in [2.45, 2.75) is 30.8 Å². The van der Waals surface area contributed by atoms with Gasteiger partial charge in [-0.3, -0.25) is 4.79 Å². The van der Waals surface area contributed by atoms with Crippen molar-refractivity contribution in [3.8, 4) is 0 Å². The van der Waals surface area contributed by atoms with Crippen molar-refractivity contribution in [2.75, 3.05) is 33.7 Å². The van der Waals surface area contributed by atoms with Crippen LogP contribution in [0.15, 0.2) is 0 Å². The molecule has 0 aromatic carbocycles. The quantitative estimate of drug-likeness (QED) is 0.421. The van der Waals surface area contributed by atoms with E-state index in [1.54, 1.807) is 0 Å². The first-order valence-corrected chi connectivity index (χ1v) is 6.08. The summed E-state index contributed by atoms with van der Waals surface area (Å²) < 4.78 is 5.34. The van der Waals surface area contributed by atoms with Crippen LogP contribution in [0.1, 0.15) is 6.42 Å². The van der Waals surface area contributed by atoms with E-state index in [1.165, 1.54) is 0 Å². The summed E-state index contributed by atoms with van der Waals surface area (Å²) in [6, 6.07) is 0. The molecule has 1 aliphatic heterocycles. The summed E-state index contributed by atoms with van der Waals surface area (Å²) in [5, 5.41) is 22.0. The first-order valence-electron chi connectivity index (χ1n) is 6.08. The zero-order valence-electron chi connectivity index (χ0n) is 10.9. The van der Waals surface area contributed by atoms with E-state index in [0.29, 0.717) is 6.54 Å². The third-order valence-electron chi connectivity index (χ3n) is 2.96. The van der Waals surface area contributed by atoms with Crippen LogP contribution in [0.5, 0.6) is 0 Å². The number of hydrogen-bond donors (Lipinski definition) is 4. The molecule has 1 aliphatic rings. The highest BCUT2D eigenvalue weighted by Crippen LogP contribution is 2.22. The standard InChI is InChI=1S/C11H23N3O4/c1-14(2)4-3-13-9(15)5-7-10(16)11(17)8(6-12)18-7/h7-8,10-11,16-17H,3-6,12H2,1-2H3,(H,13,15)/t7-,8+,10-,11+/m0/s1. The van der Waals surface area contributed by atoms with Crippen LogP contribution in [0.25, 0.3) is 0 Å². The molecule has 1 heterocycles. The van der Waals surface area contributed by atoms with Gasteiger partial charge in [0.15, 0.2) is 0 Å². The highest BCUT2D eigenvalue weighted by atomic mass is 16.5. The van der Waals surface area contributed by atoms with Gasteiger partial charge < -0.3 is 30.9 Å². The van der Waals surface area contributed by atoms with E-state index >= 15 is 0 Å². The molecule has 7 heteroatoms. The van der Waals surface area contributed by atoms with Crippen molar-refractivity contribution in [2.24, 2.45) is 5.73 Å². The van der Waals surface area contributed by atoms with Crippen LogP contribution in [-0.4, -0.2) is 79.2 Å². The van der Waals surface area contributed by atoms with E-state index in [1.807, 2.05) is 19.0 Å². The number of likely N-dealkylation sites (N-methyl/N-ethyl adjacent to an activating group) is 1. The zero-order chi connectivity index (χ0) is 13.7. The van der Waals surface area contributed by atoms with E-state index in [9.17, 15) is 15.0 Å². The molecule has 4 atom stereocenters. The van der Waals surface area contributed by atoms with E-state index in [4.69, 9.17) is 10.5 Å². The Morgan fingerprint density at radius 1 is 1.33 bits per heavy atom. The number of hydrogen-bond acceptors (Lipinski definition) is 6. The molecular weight excluding hydrogens is 238 g/mol. The number of nitrogens with two attached hydrogens (primary N) is 1. The fourth-order valence-corrected chi connectivity index (χ4v) is 1.86. The summed E-state index contributed by atoms with van der Waals surface area (Å²) in [6.45, 7) is 1.41. The van der Waals surface area contributed by atoms with Gasteiger partial charge >= 0.3 is 0 Å². The number of rotatable bonds is 6. The number of nitrogens with zero attached hydrogens (tertiary/aromatic N) is 1. The van der Waals surface area contributed by atoms with Crippen LogP contribution in [0.2, 0.25) is 0 Å². The summed E-state index contributed by atoms with van der Waals surface area (Å²) in [4.78, 5) is 13.5. The molecule has 0 aromatic rings. The van der Waals surface area contributed by atoms with Crippen LogP contribution in [-0.2, 0) is 9.53 Å². The molecular formula is C11H23N3O4. The molecule has 1 fully saturated rings. The van der Waals surface area contributed by atoms with E-state index < -0.39 is 24.4 Å². The molecule has 0 radical (unpaired) electrons. The lowest BCUT2D eigenvalue weighted by Crippen LogP contribution is -2.38. The minimum Gasteiger partial charge on any atom is -0.388 e. The van der Waals surface area contributed by atoms with Crippen LogP contribution in [0.3, 0.4) is 0 Å². The average Bonchev–Trinajstić information content (AvgIpc) is 2.56. The lowest BCUT2D eigenvalue weighted by Gasteiger charge is -2.15. The number of aliphatic hydroxyl groups excluding tert-OH is 2. The molecule has 1 saturated heterocycles. The summed E-state index contributed by atoms with van der Waals surface area (Å²) in [5.74, 6) is -0.203. The second-order valence-corrected chi connectivity index (χ2v) is 4.79. The van der Waals surface area contributed by atoms with Gasteiger partial charge in [0.1, 0.15) is 12.2 Å². The molecule has 106 valence electrons. The largest absolute Gasteiger partial charge is 0.388 e. The lowest BCUT2D eigenvalue weighted by atomic mass is 10.1. The number of aliphatic hydroxyl groups is 2. The predicted octanol–water partition coefficient (Wildman–Crippen LogP) is -2.50. The number of carbonyl (C=O) groups is 1. The maximum absolute atomic E-state index is 11.6. The van der Waals surface area contributed by atoms with Gasteiger partial charge in [0, 0.05) is 19.6 Å². The van der Waals surface area contributed by atoms with Crippen molar-refractivity contribution < 1.29 is 19.7 Å². The van der Waals surface area contributed by atoms with Crippen molar-refractivity contribution in [1.82, 2.24) is 10.2 Å². The Balaban J connectivity index is 2.32. The highest BCUT2D eigenvalue weighted by Gasteiger charge is 2.42. The zero-order valence-corrected chi connectivity index (χ0v) is 10.9. The maximum Gasteiger partial charge on any atom is 0.222 e. The summed E-state index contributed by atoms with van der Waals surface area (Å²) in [6.07, 6.45) is -3.33. The Morgan fingerprint density at radius 2 is 1.94 bits per heavy atom. The Labute approximate surface area is 107 Å². The van der Waals surface area contributed by atoms with Crippen LogP contribution in [0.4, 0.5) is 0 Å². The fraction of sp³-hybridized carbons (Fsp3) is 0.909. The van der Waals surface area contributed by atoms with Crippen molar-refractivity contribution in [3.05, 3.63) is 0 Å². The minimum atomic E-state index is -1.06. The van der Waals surface area contributed by atoms with Gasteiger partial charge in [-0.05, 0) is 14.1 Å². The Hall–Kier alpha value is -0.730. The first kappa shape index (κ1) is 15.3. The molecule has 0 aliphatic carbocycles. The Kier molecular flexibility index (Phi) is 5.97. The number of nitrogens with one attached hydrogen (secondary N) is 1. The molecule has 1 rings (SSSR count). The van der Waals surface area contributed by atoms with Crippen LogP contribution in [0, 0.1) is 0 Å². The van der Waals surface area contributed by atoms with Crippen LogP contribution >= 0.6 is 0 Å². The van der Waals surface area contributed by atoms with E-state index in [2.05, 4.69) is 5.32 Å². The van der Waals surface area contributed by atoms with Gasteiger partial charge in [0.25, 0.3) is 0 Å². The normalized spacial score (nSPS) is 31.9. The second-order valence-electron chi connectivity index (χ2n) is 4.79. The highest BCUT2D eigenvalue weighted by molar-refractivity contribution is 5.76. The summed E-state index contributed by atoms with van der Waals surface area (Å²) in [5.41, 5.74) is 5.39. The average molecular weight is 261 g/mol. The van der Waals surface area contributed by atoms with Gasteiger partial charge in [-0.1, -0.05) is 0 Å². The van der Waals surface area contributed by atoms with Crippen molar-refractivity contribution >= 4 is 5.91 Å². The third kappa shape index (κ3) is 4.18. The predicted molar refractivity (Wildman–Crippen MR) is 65.9 cm³/mol. The number of ether oxygens (including phenoxy) is 1. The topological polar surface area (TPSA) is 108 Å². The molecule has 7 nitrogen and oxygen atoms in total. The third-order valence-corrected chi connectivity index (χ3v) is 2.96. The monoisotopic (exact) mass is 261 g/mol. The molecule has 0 unspecified atom stereocenters. The smallest absolute Gasteiger partial charge is 0.222 e. The fourth-order valence-electron chi connectivity index (χ4n) is 1.86. The SMILES string of the molecule is CN(C)CCNC(=O)C[C@@H]1O[C@H](CN)[C@@H](O)[C@H]1O. The van der Waals surface area contributed by atoms with Gasteiger partial charge in [-0.2, -0.15) is 0 Å². The second kappa shape index (κ2) is 7.01. The summed E-state index contributed by atoms with van der Waals surface area (Å²) in [7, 11) is 3.83. The van der Waals surface area contributed by atoms with Gasteiger partial charge in [-0.15, -0.1) is 0 Å². The number of carbonyl (C=O) groups excluding carboxylic acids is 1. The van der Waals surface area contributed by atoms with E-state index in [0.717, 1.165) is 6.54 Å². The van der Waals surface area contributed by atoms with Crippen molar-refractivity contribution in [1.29, 1.82) is 0 Å². The molecule has 18 heavy (non-hydrogen) atoms. The maximum atomic E-state index is 11.6. The van der Waals surface area contributed by atoms with Crippen molar-refractivity contribution in [3.63, 3.8) is 0 Å². The van der Waals surface area contributed by atoms with Gasteiger partial charge in [0.05, 0.1) is 18.6 Å². The summed E-state index contributed by atoms with van der Waals surface area (Å²) >= 11 is 0. The number of amides is 1. The Bertz CT molecular complexity index is 275. The molecule has 0 saturated carbocycles. The van der Waals surface area contributed by atoms with Crippen LogP contribution < -0.4 is 11.1 Å². The Morgan fingerprint density at radius 3 is 2.44 bits per heavy atom. The molecule has 1 amide bonds. The molecule has 5 N–H and O–H groups in total. The first-order chi connectivity index (χ1) is 8.45. The molecule has 0 bridgehead atoms.